The van der Waals surface area contributed by atoms with E-state index in [1.807, 2.05) is 12.1 Å². The van der Waals surface area contributed by atoms with Crippen LogP contribution in [0, 0.1) is 0 Å². The highest BCUT2D eigenvalue weighted by atomic mass is 16.5. The molecular formula is C18H21N3O4. The molecular weight excluding hydrogens is 322 g/mol. The van der Waals surface area contributed by atoms with Crippen LogP contribution in [-0.4, -0.2) is 48.1 Å². The van der Waals surface area contributed by atoms with Crippen LogP contribution in [0.1, 0.15) is 16.8 Å². The Bertz CT molecular complexity index is 809. The number of methoxy groups -OCH3 is 2. The minimum atomic E-state index is -0.114. The fraction of sp³-hybridized carbons (Fsp3) is 0.389. The third kappa shape index (κ3) is 3.81. The summed E-state index contributed by atoms with van der Waals surface area (Å²) in [5.41, 5.74) is 2.18. The Morgan fingerprint density at radius 2 is 1.84 bits per heavy atom. The molecule has 1 N–H and O–H groups in total. The van der Waals surface area contributed by atoms with Gasteiger partial charge < -0.3 is 19.4 Å². The van der Waals surface area contributed by atoms with Crippen molar-refractivity contribution in [1.82, 2.24) is 14.9 Å². The molecule has 0 atom stereocenters. The van der Waals surface area contributed by atoms with E-state index in [4.69, 9.17) is 9.47 Å². The Morgan fingerprint density at radius 1 is 1.16 bits per heavy atom. The van der Waals surface area contributed by atoms with E-state index < -0.39 is 0 Å². The maximum absolute atomic E-state index is 12.7. The molecule has 0 fully saturated rings. The first-order valence-corrected chi connectivity index (χ1v) is 8.16. The monoisotopic (exact) mass is 343 g/mol. The van der Waals surface area contributed by atoms with Gasteiger partial charge in [0.1, 0.15) is 11.5 Å². The van der Waals surface area contributed by atoms with Gasteiger partial charge in [-0.1, -0.05) is 0 Å². The van der Waals surface area contributed by atoms with E-state index in [1.165, 1.54) is 6.33 Å². The second-order valence-electron chi connectivity index (χ2n) is 5.94. The summed E-state index contributed by atoms with van der Waals surface area (Å²) in [6.07, 6.45) is 2.78. The molecule has 7 nitrogen and oxygen atoms in total. The zero-order valence-electron chi connectivity index (χ0n) is 14.4. The Balaban J connectivity index is 1.72. The summed E-state index contributed by atoms with van der Waals surface area (Å²) in [5, 5.41) is 0. The number of benzene rings is 1. The number of carbonyl (C=O) groups excluding carboxylic acids is 1. The highest BCUT2D eigenvalue weighted by Crippen LogP contribution is 2.23. The fourth-order valence-corrected chi connectivity index (χ4v) is 3.04. The van der Waals surface area contributed by atoms with Crippen molar-refractivity contribution >= 4 is 5.91 Å². The number of nitrogens with one attached hydrogen (secondary N) is 1. The van der Waals surface area contributed by atoms with E-state index in [9.17, 15) is 9.59 Å². The molecule has 0 bridgehead atoms. The lowest BCUT2D eigenvalue weighted by Crippen LogP contribution is -2.34. The van der Waals surface area contributed by atoms with E-state index in [0.29, 0.717) is 43.0 Å². The molecule has 0 unspecified atom stereocenters. The average molecular weight is 343 g/mol. The molecule has 0 radical (unpaired) electrons. The van der Waals surface area contributed by atoms with Gasteiger partial charge in [0.25, 0.3) is 5.56 Å². The lowest BCUT2D eigenvalue weighted by molar-refractivity contribution is -0.130. The second kappa shape index (κ2) is 7.38. The Morgan fingerprint density at radius 3 is 2.52 bits per heavy atom. The van der Waals surface area contributed by atoms with Gasteiger partial charge in [-0.3, -0.25) is 9.59 Å². The maximum atomic E-state index is 12.7. The molecule has 1 aliphatic heterocycles. The van der Waals surface area contributed by atoms with Crippen molar-refractivity contribution in [2.45, 2.75) is 19.3 Å². The normalized spacial score (nSPS) is 13.8. The predicted molar refractivity (Wildman–Crippen MR) is 92.1 cm³/mol. The van der Waals surface area contributed by atoms with Gasteiger partial charge in [-0.05, 0) is 24.1 Å². The summed E-state index contributed by atoms with van der Waals surface area (Å²) < 4.78 is 10.5. The van der Waals surface area contributed by atoms with Crippen LogP contribution in [0.25, 0.3) is 0 Å². The van der Waals surface area contributed by atoms with Crippen LogP contribution in [0.3, 0.4) is 0 Å². The van der Waals surface area contributed by atoms with E-state index in [0.717, 1.165) is 11.3 Å². The fourth-order valence-electron chi connectivity index (χ4n) is 3.04. The molecule has 0 spiro atoms. The lowest BCUT2D eigenvalue weighted by atomic mass is 10.1. The van der Waals surface area contributed by atoms with Crippen molar-refractivity contribution in [3.63, 3.8) is 0 Å². The third-order valence-electron chi connectivity index (χ3n) is 4.41. The number of amides is 1. The summed E-state index contributed by atoms with van der Waals surface area (Å²) in [5.74, 6) is 1.32. The van der Waals surface area contributed by atoms with Crippen LogP contribution in [0.15, 0.2) is 29.3 Å². The molecule has 1 amide bonds. The molecule has 1 aliphatic rings. The van der Waals surface area contributed by atoms with Gasteiger partial charge in [0, 0.05) is 31.1 Å². The first-order valence-electron chi connectivity index (χ1n) is 8.16. The Labute approximate surface area is 145 Å². The quantitative estimate of drug-likeness (QED) is 0.894. The summed E-state index contributed by atoms with van der Waals surface area (Å²) in [6.45, 7) is 1.07. The minimum Gasteiger partial charge on any atom is -0.497 e. The molecule has 2 aromatic rings. The molecule has 0 saturated carbocycles. The van der Waals surface area contributed by atoms with Crippen LogP contribution >= 0.6 is 0 Å². The molecule has 132 valence electrons. The number of hydrogen-bond acceptors (Lipinski definition) is 5. The van der Waals surface area contributed by atoms with E-state index in [-0.39, 0.29) is 17.9 Å². The van der Waals surface area contributed by atoms with Gasteiger partial charge in [-0.25, -0.2) is 4.98 Å². The summed E-state index contributed by atoms with van der Waals surface area (Å²) in [7, 11) is 3.16. The molecule has 25 heavy (non-hydrogen) atoms. The number of nitrogens with zero attached hydrogens (tertiary/aromatic N) is 2. The number of fused-ring (bicyclic) bond motifs is 1. The molecule has 0 aliphatic carbocycles. The van der Waals surface area contributed by atoms with E-state index >= 15 is 0 Å². The summed E-state index contributed by atoms with van der Waals surface area (Å²) >= 11 is 0. The molecule has 2 heterocycles. The summed E-state index contributed by atoms with van der Waals surface area (Å²) in [6, 6.07) is 5.44. The highest BCUT2D eigenvalue weighted by Gasteiger charge is 2.21. The zero-order chi connectivity index (χ0) is 17.8. The number of rotatable bonds is 4. The number of carbonyl (C=O) groups is 1. The molecule has 3 rings (SSSR count). The SMILES string of the molecule is COc1cc(CC(=O)N2CCc3nc[nH]c(=O)c3CC2)cc(OC)c1. The molecule has 1 aromatic heterocycles. The van der Waals surface area contributed by atoms with Gasteiger partial charge in [0.2, 0.25) is 5.91 Å². The average Bonchev–Trinajstić information content (AvgIpc) is 2.85. The van der Waals surface area contributed by atoms with Crippen molar-refractivity contribution in [2.75, 3.05) is 27.3 Å². The number of hydrogen-bond donors (Lipinski definition) is 1. The van der Waals surface area contributed by atoms with Crippen molar-refractivity contribution in [3.05, 3.63) is 51.7 Å². The lowest BCUT2D eigenvalue weighted by Gasteiger charge is -2.20. The van der Waals surface area contributed by atoms with E-state index in [2.05, 4.69) is 9.97 Å². The first kappa shape index (κ1) is 17.0. The zero-order valence-corrected chi connectivity index (χ0v) is 14.4. The van der Waals surface area contributed by atoms with Crippen molar-refractivity contribution in [3.8, 4) is 11.5 Å². The van der Waals surface area contributed by atoms with Gasteiger partial charge >= 0.3 is 0 Å². The summed E-state index contributed by atoms with van der Waals surface area (Å²) in [4.78, 5) is 33.2. The number of aromatic amines is 1. The first-order chi connectivity index (χ1) is 12.1. The number of ether oxygens (including phenoxy) is 2. The van der Waals surface area contributed by atoms with Crippen LogP contribution in [0.2, 0.25) is 0 Å². The van der Waals surface area contributed by atoms with Crippen molar-refractivity contribution in [2.24, 2.45) is 0 Å². The van der Waals surface area contributed by atoms with Crippen LogP contribution < -0.4 is 15.0 Å². The van der Waals surface area contributed by atoms with Gasteiger partial charge in [-0.15, -0.1) is 0 Å². The Kier molecular flexibility index (Phi) is 5.02. The third-order valence-corrected chi connectivity index (χ3v) is 4.41. The molecule has 1 aromatic carbocycles. The predicted octanol–water partition coefficient (Wildman–Crippen LogP) is 0.957. The van der Waals surface area contributed by atoms with Gasteiger partial charge in [-0.2, -0.15) is 0 Å². The van der Waals surface area contributed by atoms with Crippen molar-refractivity contribution in [1.29, 1.82) is 0 Å². The van der Waals surface area contributed by atoms with Crippen LogP contribution in [0.4, 0.5) is 0 Å². The topological polar surface area (TPSA) is 84.5 Å². The smallest absolute Gasteiger partial charge is 0.254 e. The van der Waals surface area contributed by atoms with Crippen molar-refractivity contribution < 1.29 is 14.3 Å². The van der Waals surface area contributed by atoms with Crippen LogP contribution in [-0.2, 0) is 24.1 Å². The number of aromatic nitrogens is 2. The van der Waals surface area contributed by atoms with Gasteiger partial charge in [0.05, 0.1) is 32.7 Å². The standard InChI is InChI=1S/C18H21N3O4/c1-24-13-7-12(8-14(10-13)25-2)9-17(22)21-5-3-15-16(4-6-21)19-11-20-18(15)23/h7-8,10-11H,3-6,9H2,1-2H3,(H,19,20,23). The second-order valence-corrected chi connectivity index (χ2v) is 5.94. The largest absolute Gasteiger partial charge is 0.497 e. The van der Waals surface area contributed by atoms with Gasteiger partial charge in [0.15, 0.2) is 0 Å². The Hall–Kier alpha value is -2.83. The minimum absolute atomic E-state index is 0.0135. The maximum Gasteiger partial charge on any atom is 0.254 e. The highest BCUT2D eigenvalue weighted by molar-refractivity contribution is 5.79. The molecule has 7 heteroatoms. The molecule has 0 saturated heterocycles. The number of H-pyrrole nitrogens is 1. The van der Waals surface area contributed by atoms with Crippen LogP contribution in [0.5, 0.6) is 11.5 Å². The van der Waals surface area contributed by atoms with E-state index in [1.54, 1.807) is 25.2 Å².